The van der Waals surface area contributed by atoms with Crippen LogP contribution in [0.4, 0.5) is 0 Å². The molecule has 0 aliphatic rings. The maximum atomic E-state index is 6.98. The molecule has 0 heterocycles. The summed E-state index contributed by atoms with van der Waals surface area (Å²) in [6, 6.07) is 17.0. The molecule has 0 saturated heterocycles. The Kier molecular flexibility index (Phi) is 6.06. The van der Waals surface area contributed by atoms with Crippen LogP contribution < -0.4 is 15.9 Å². The first-order valence-electron chi connectivity index (χ1n) is 5.70. The Morgan fingerprint density at radius 2 is 1.80 bits per heavy atom. The second kappa shape index (κ2) is 7.81. The van der Waals surface area contributed by atoms with Crippen molar-refractivity contribution in [3.05, 3.63) is 60.2 Å². The summed E-state index contributed by atoms with van der Waals surface area (Å²) in [6.07, 6.45) is 1.57. The van der Waals surface area contributed by atoms with Crippen LogP contribution in [0.3, 0.4) is 0 Å². The first kappa shape index (κ1) is 15.5. The number of rotatable bonds is 4. The number of nitrogens with one attached hydrogen (secondary N) is 2. The summed E-state index contributed by atoms with van der Waals surface area (Å²) in [4.78, 5) is 0. The molecule has 0 aromatic heterocycles. The lowest BCUT2D eigenvalue weighted by Crippen LogP contribution is -2.25. The van der Waals surface area contributed by atoms with Crippen LogP contribution >= 0.6 is 12.4 Å². The molecular formula is C14H15ClN4O. The van der Waals surface area contributed by atoms with E-state index in [4.69, 9.17) is 15.9 Å². The largest absolute Gasteiger partial charge is 0.457 e. The van der Waals surface area contributed by atoms with Crippen molar-refractivity contribution in [3.63, 3.8) is 0 Å². The van der Waals surface area contributed by atoms with Crippen molar-refractivity contribution in [2.24, 2.45) is 10.8 Å². The fraction of sp³-hybridized carbons (Fsp3) is 0. The van der Waals surface area contributed by atoms with Crippen molar-refractivity contribution >= 4 is 24.6 Å². The average Bonchev–Trinajstić information content (AvgIpc) is 2.40. The molecule has 0 spiro atoms. The minimum Gasteiger partial charge on any atom is -0.457 e. The van der Waals surface area contributed by atoms with E-state index in [2.05, 4.69) is 10.5 Å². The third-order valence-corrected chi connectivity index (χ3v) is 2.24. The second-order valence-electron chi connectivity index (χ2n) is 3.77. The highest BCUT2D eigenvalue weighted by Crippen LogP contribution is 2.21. The second-order valence-corrected chi connectivity index (χ2v) is 3.77. The molecule has 0 unspecified atom stereocenters. The monoisotopic (exact) mass is 290 g/mol. The summed E-state index contributed by atoms with van der Waals surface area (Å²) in [6.45, 7) is 0. The molecule has 0 radical (unpaired) electrons. The normalized spacial score (nSPS) is 9.80. The Morgan fingerprint density at radius 3 is 2.50 bits per heavy atom. The quantitative estimate of drug-likeness (QED) is 0.460. The van der Waals surface area contributed by atoms with Gasteiger partial charge >= 0.3 is 0 Å². The van der Waals surface area contributed by atoms with Crippen LogP contribution in [-0.2, 0) is 0 Å². The number of hydrazone groups is 1. The molecule has 2 aromatic rings. The molecule has 0 aliphatic heterocycles. The van der Waals surface area contributed by atoms with Gasteiger partial charge in [-0.1, -0.05) is 30.3 Å². The van der Waals surface area contributed by atoms with E-state index in [1.165, 1.54) is 0 Å². The molecule has 6 heteroatoms. The molecule has 2 aromatic carbocycles. The fourth-order valence-electron chi connectivity index (χ4n) is 1.46. The number of ether oxygens (including phenoxy) is 1. The predicted molar refractivity (Wildman–Crippen MR) is 82.8 cm³/mol. The number of nitrogens with two attached hydrogens (primary N) is 1. The van der Waals surface area contributed by atoms with E-state index in [0.717, 1.165) is 17.1 Å². The number of hydrogen-bond donors (Lipinski definition) is 3. The van der Waals surface area contributed by atoms with E-state index >= 15 is 0 Å². The zero-order valence-electron chi connectivity index (χ0n) is 10.6. The van der Waals surface area contributed by atoms with Crippen molar-refractivity contribution in [3.8, 4) is 11.5 Å². The number of halogens is 1. The van der Waals surface area contributed by atoms with Crippen LogP contribution in [0, 0.1) is 5.41 Å². The van der Waals surface area contributed by atoms with Crippen molar-refractivity contribution in [2.45, 2.75) is 0 Å². The maximum Gasteiger partial charge on any atom is 0.206 e. The van der Waals surface area contributed by atoms with Crippen LogP contribution in [0.2, 0.25) is 0 Å². The minimum atomic E-state index is -0.201. The molecule has 5 nitrogen and oxygen atoms in total. The van der Waals surface area contributed by atoms with Gasteiger partial charge in [-0.25, -0.2) is 5.43 Å². The minimum absolute atomic E-state index is 0. The van der Waals surface area contributed by atoms with Gasteiger partial charge in [-0.2, -0.15) is 5.10 Å². The lowest BCUT2D eigenvalue weighted by atomic mass is 10.2. The summed E-state index contributed by atoms with van der Waals surface area (Å²) in [7, 11) is 0. The highest BCUT2D eigenvalue weighted by molar-refractivity contribution is 5.85. The summed E-state index contributed by atoms with van der Waals surface area (Å²) in [5, 5.41) is 10.8. The van der Waals surface area contributed by atoms with Gasteiger partial charge in [0, 0.05) is 0 Å². The van der Waals surface area contributed by atoms with Crippen LogP contribution in [0.25, 0.3) is 0 Å². The van der Waals surface area contributed by atoms with Crippen molar-refractivity contribution in [2.75, 3.05) is 0 Å². The van der Waals surface area contributed by atoms with E-state index < -0.39 is 0 Å². The maximum absolute atomic E-state index is 6.98. The number of nitrogens with zero attached hydrogens (tertiary/aromatic N) is 1. The highest BCUT2D eigenvalue weighted by atomic mass is 35.5. The van der Waals surface area contributed by atoms with Gasteiger partial charge in [-0.05, 0) is 29.8 Å². The molecule has 2 rings (SSSR count). The van der Waals surface area contributed by atoms with E-state index in [-0.39, 0.29) is 18.4 Å². The van der Waals surface area contributed by atoms with Crippen LogP contribution in [-0.4, -0.2) is 12.2 Å². The van der Waals surface area contributed by atoms with Crippen LogP contribution in [0.1, 0.15) is 5.56 Å². The zero-order valence-corrected chi connectivity index (χ0v) is 11.4. The van der Waals surface area contributed by atoms with Crippen molar-refractivity contribution < 1.29 is 4.74 Å². The first-order valence-corrected chi connectivity index (χ1v) is 5.70. The Hall–Kier alpha value is -2.53. The fourth-order valence-corrected chi connectivity index (χ4v) is 1.46. The Morgan fingerprint density at radius 1 is 1.10 bits per heavy atom. The molecule has 4 N–H and O–H groups in total. The standard InChI is InChI=1S/C14H14N4O.ClH/c15-14(16)18-17-10-11-5-4-8-13(9-11)19-12-6-2-1-3-7-12;/h1-10H,(H4,15,16,18);1H. The van der Waals surface area contributed by atoms with Gasteiger partial charge in [0.25, 0.3) is 0 Å². The number of guanidine groups is 1. The van der Waals surface area contributed by atoms with Gasteiger partial charge < -0.3 is 10.5 Å². The summed E-state index contributed by atoms with van der Waals surface area (Å²) >= 11 is 0. The summed E-state index contributed by atoms with van der Waals surface area (Å²) in [5.41, 5.74) is 8.32. The van der Waals surface area contributed by atoms with E-state index in [1.54, 1.807) is 6.21 Å². The molecule has 20 heavy (non-hydrogen) atoms. The molecule has 0 saturated carbocycles. The molecular weight excluding hydrogens is 276 g/mol. The molecule has 0 aliphatic carbocycles. The molecule has 104 valence electrons. The van der Waals surface area contributed by atoms with E-state index in [9.17, 15) is 0 Å². The average molecular weight is 291 g/mol. The Labute approximate surface area is 123 Å². The molecule has 0 amide bonds. The van der Waals surface area contributed by atoms with Gasteiger partial charge in [0.05, 0.1) is 6.21 Å². The molecule has 0 bridgehead atoms. The van der Waals surface area contributed by atoms with Gasteiger partial charge in [0.15, 0.2) is 0 Å². The van der Waals surface area contributed by atoms with Crippen LogP contribution in [0.5, 0.6) is 11.5 Å². The highest BCUT2D eigenvalue weighted by Gasteiger charge is 1.97. The number of benzene rings is 2. The predicted octanol–water partition coefficient (Wildman–Crippen LogP) is 2.72. The summed E-state index contributed by atoms with van der Waals surface area (Å²) in [5.74, 6) is 1.30. The third kappa shape index (κ3) is 4.99. The Balaban J connectivity index is 0.00000200. The van der Waals surface area contributed by atoms with Gasteiger partial charge in [0.2, 0.25) is 5.96 Å². The lowest BCUT2D eigenvalue weighted by molar-refractivity contribution is 0.482. The van der Waals surface area contributed by atoms with Gasteiger partial charge in [0.1, 0.15) is 11.5 Å². The SMILES string of the molecule is Cl.N=C(N)NN=Cc1cccc(Oc2ccccc2)c1. The summed E-state index contributed by atoms with van der Waals surface area (Å²) < 4.78 is 5.70. The molecule has 0 atom stereocenters. The molecule has 0 fully saturated rings. The smallest absolute Gasteiger partial charge is 0.206 e. The first-order chi connectivity index (χ1) is 9.24. The topological polar surface area (TPSA) is 83.5 Å². The Bertz CT molecular complexity index is 587. The van der Waals surface area contributed by atoms with Crippen molar-refractivity contribution in [1.82, 2.24) is 5.43 Å². The van der Waals surface area contributed by atoms with Crippen LogP contribution in [0.15, 0.2) is 59.7 Å². The number of para-hydroxylation sites is 1. The van der Waals surface area contributed by atoms with E-state index in [1.807, 2.05) is 54.6 Å². The number of hydrogen-bond acceptors (Lipinski definition) is 3. The third-order valence-electron chi connectivity index (χ3n) is 2.24. The van der Waals surface area contributed by atoms with Gasteiger partial charge in [-0.15, -0.1) is 12.4 Å². The zero-order chi connectivity index (χ0) is 13.5. The van der Waals surface area contributed by atoms with Gasteiger partial charge in [-0.3, -0.25) is 5.41 Å². The van der Waals surface area contributed by atoms with Crippen molar-refractivity contribution in [1.29, 1.82) is 5.41 Å². The lowest BCUT2D eigenvalue weighted by Gasteiger charge is -2.05. The van der Waals surface area contributed by atoms with E-state index in [0.29, 0.717) is 0 Å².